The lowest BCUT2D eigenvalue weighted by Crippen LogP contribution is -2.10. The third kappa shape index (κ3) is 2.12. The summed E-state index contributed by atoms with van der Waals surface area (Å²) in [6, 6.07) is 5.21. The third-order valence-electron chi connectivity index (χ3n) is 2.67. The molecule has 0 bridgehead atoms. The van der Waals surface area contributed by atoms with Gasteiger partial charge < -0.3 is 24.4 Å². The van der Waals surface area contributed by atoms with E-state index in [0.29, 0.717) is 28.8 Å². The molecule has 0 aliphatic carbocycles. The first kappa shape index (κ1) is 12.3. The first-order valence-corrected chi connectivity index (χ1v) is 5.75. The molecule has 2 heterocycles. The molecule has 8 heteroatoms. The van der Waals surface area contributed by atoms with E-state index in [4.69, 9.17) is 24.8 Å². The summed E-state index contributed by atoms with van der Waals surface area (Å²) in [5.74, 6) is 8.07. The number of rotatable bonds is 4. The number of fused-ring (bicyclic) bond motifs is 1. The number of nitrogen functional groups attached to an aromatic ring is 1. The largest absolute Gasteiger partial charge is 0.489 e. The normalized spacial score (nSPS) is 12.1. The van der Waals surface area contributed by atoms with Crippen LogP contribution in [0.3, 0.4) is 0 Å². The molecule has 0 unspecified atom stereocenters. The second-order valence-electron chi connectivity index (χ2n) is 3.82. The zero-order chi connectivity index (χ0) is 13.9. The van der Waals surface area contributed by atoms with Crippen LogP contribution >= 0.6 is 0 Å². The number of benzene rings is 1. The van der Waals surface area contributed by atoms with Crippen LogP contribution in [0.15, 0.2) is 24.5 Å². The van der Waals surface area contributed by atoms with E-state index in [2.05, 4.69) is 15.4 Å². The lowest BCUT2D eigenvalue weighted by molar-refractivity contribution is 0.174. The molecule has 0 spiro atoms. The average Bonchev–Trinajstić information content (AvgIpc) is 2.94. The van der Waals surface area contributed by atoms with E-state index in [1.807, 2.05) is 0 Å². The van der Waals surface area contributed by atoms with Crippen LogP contribution in [-0.4, -0.2) is 23.9 Å². The van der Waals surface area contributed by atoms with Crippen molar-refractivity contribution in [2.24, 2.45) is 5.84 Å². The number of nitrogens with two attached hydrogens (primary N) is 1. The highest BCUT2D eigenvalue weighted by Crippen LogP contribution is 2.38. The summed E-state index contributed by atoms with van der Waals surface area (Å²) < 4.78 is 21.4. The minimum Gasteiger partial charge on any atom is -0.489 e. The van der Waals surface area contributed by atoms with E-state index in [-0.39, 0.29) is 12.7 Å². The second kappa shape index (κ2) is 5.10. The van der Waals surface area contributed by atoms with Gasteiger partial charge in [-0.15, -0.1) is 0 Å². The van der Waals surface area contributed by atoms with E-state index in [1.165, 1.54) is 13.4 Å². The van der Waals surface area contributed by atoms with Crippen molar-refractivity contribution in [1.29, 1.82) is 0 Å². The Morgan fingerprint density at radius 2 is 2.10 bits per heavy atom. The van der Waals surface area contributed by atoms with Crippen LogP contribution in [0.2, 0.25) is 0 Å². The average molecular weight is 276 g/mol. The Morgan fingerprint density at radius 1 is 1.25 bits per heavy atom. The summed E-state index contributed by atoms with van der Waals surface area (Å²) in [5, 5.41) is 0. The number of anilines is 1. The Bertz CT molecular complexity index is 635. The molecule has 20 heavy (non-hydrogen) atoms. The first-order valence-electron chi connectivity index (χ1n) is 5.75. The maximum Gasteiger partial charge on any atom is 0.268 e. The van der Waals surface area contributed by atoms with Gasteiger partial charge in [-0.25, -0.2) is 10.8 Å². The Morgan fingerprint density at radius 3 is 2.90 bits per heavy atom. The second-order valence-corrected chi connectivity index (χ2v) is 3.82. The van der Waals surface area contributed by atoms with Gasteiger partial charge in [-0.2, -0.15) is 4.98 Å². The van der Waals surface area contributed by atoms with Crippen molar-refractivity contribution in [3.05, 3.63) is 24.5 Å². The maximum absolute atomic E-state index is 5.66. The zero-order valence-electron chi connectivity index (χ0n) is 10.6. The molecular formula is C12H12N4O4. The summed E-state index contributed by atoms with van der Waals surface area (Å²) in [4.78, 5) is 7.95. The molecule has 0 fully saturated rings. The molecule has 104 valence electrons. The topological polar surface area (TPSA) is 101 Å². The number of nitrogens with one attached hydrogen (secondary N) is 1. The van der Waals surface area contributed by atoms with E-state index in [9.17, 15) is 0 Å². The van der Waals surface area contributed by atoms with Crippen LogP contribution in [0, 0.1) is 0 Å². The minimum atomic E-state index is 0.205. The predicted octanol–water partition coefficient (Wildman–Crippen LogP) is 1.29. The summed E-state index contributed by atoms with van der Waals surface area (Å²) in [5.41, 5.74) is 2.41. The molecule has 1 aliphatic heterocycles. The molecule has 0 saturated heterocycles. The van der Waals surface area contributed by atoms with E-state index in [1.54, 1.807) is 18.2 Å². The lowest BCUT2D eigenvalue weighted by Gasteiger charge is -2.11. The molecule has 0 atom stereocenters. The van der Waals surface area contributed by atoms with Gasteiger partial charge >= 0.3 is 0 Å². The maximum atomic E-state index is 5.66. The Hall–Kier alpha value is -2.74. The van der Waals surface area contributed by atoms with E-state index in [0.717, 1.165) is 0 Å². The molecule has 0 saturated carbocycles. The molecule has 8 nitrogen and oxygen atoms in total. The van der Waals surface area contributed by atoms with Crippen molar-refractivity contribution in [3.8, 4) is 28.9 Å². The molecule has 1 aromatic heterocycles. The fraction of sp³-hybridized carbons (Fsp3) is 0.167. The third-order valence-corrected chi connectivity index (χ3v) is 2.67. The molecular weight excluding hydrogens is 264 g/mol. The van der Waals surface area contributed by atoms with Crippen LogP contribution in [0.25, 0.3) is 0 Å². The van der Waals surface area contributed by atoms with Gasteiger partial charge in [0.05, 0.1) is 7.11 Å². The minimum absolute atomic E-state index is 0.205. The van der Waals surface area contributed by atoms with E-state index >= 15 is 0 Å². The number of hydrazine groups is 1. The predicted molar refractivity (Wildman–Crippen MR) is 69.0 cm³/mol. The number of hydrogen-bond donors (Lipinski definition) is 2. The van der Waals surface area contributed by atoms with Crippen LogP contribution < -0.4 is 30.2 Å². The van der Waals surface area contributed by atoms with Gasteiger partial charge in [0, 0.05) is 6.07 Å². The van der Waals surface area contributed by atoms with Crippen LogP contribution in [0.4, 0.5) is 5.82 Å². The highest BCUT2D eigenvalue weighted by Gasteiger charge is 2.17. The molecule has 1 aliphatic rings. The Labute approximate surface area is 114 Å². The fourth-order valence-corrected chi connectivity index (χ4v) is 1.77. The summed E-state index contributed by atoms with van der Waals surface area (Å²) in [7, 11) is 1.48. The number of aromatic nitrogens is 2. The standard InChI is InChI=1S/C12H12N4O4/c1-17-10-11(16-13)14-5-15-12(10)20-7-2-3-8-9(4-7)19-6-18-8/h2-5H,6,13H2,1H3,(H,14,15,16). The summed E-state index contributed by atoms with van der Waals surface area (Å²) >= 11 is 0. The number of ether oxygens (including phenoxy) is 4. The van der Waals surface area contributed by atoms with Crippen LogP contribution in [-0.2, 0) is 0 Å². The van der Waals surface area contributed by atoms with Crippen molar-refractivity contribution in [1.82, 2.24) is 9.97 Å². The highest BCUT2D eigenvalue weighted by atomic mass is 16.7. The van der Waals surface area contributed by atoms with Crippen molar-refractivity contribution >= 4 is 5.82 Å². The van der Waals surface area contributed by atoms with E-state index < -0.39 is 0 Å². The zero-order valence-corrected chi connectivity index (χ0v) is 10.6. The van der Waals surface area contributed by atoms with Gasteiger partial charge in [-0.05, 0) is 12.1 Å². The Kier molecular flexibility index (Phi) is 3.13. The smallest absolute Gasteiger partial charge is 0.268 e. The molecule has 1 aromatic carbocycles. The van der Waals surface area contributed by atoms with Gasteiger partial charge in [0.15, 0.2) is 17.3 Å². The first-order chi connectivity index (χ1) is 9.81. The van der Waals surface area contributed by atoms with Crippen LogP contribution in [0.5, 0.6) is 28.9 Å². The van der Waals surface area contributed by atoms with Crippen molar-refractivity contribution in [2.75, 3.05) is 19.3 Å². The van der Waals surface area contributed by atoms with Gasteiger partial charge in [-0.1, -0.05) is 0 Å². The van der Waals surface area contributed by atoms with Gasteiger partial charge in [-0.3, -0.25) is 0 Å². The molecule has 3 N–H and O–H groups in total. The summed E-state index contributed by atoms with van der Waals surface area (Å²) in [6.07, 6.45) is 1.32. The van der Waals surface area contributed by atoms with Gasteiger partial charge in [0.1, 0.15) is 12.1 Å². The highest BCUT2D eigenvalue weighted by molar-refractivity contribution is 5.56. The number of nitrogens with zero attached hydrogens (tertiary/aromatic N) is 2. The number of methoxy groups -OCH3 is 1. The van der Waals surface area contributed by atoms with Gasteiger partial charge in [0.25, 0.3) is 5.88 Å². The lowest BCUT2D eigenvalue weighted by atomic mass is 10.3. The SMILES string of the molecule is COc1c(NN)ncnc1Oc1ccc2c(c1)OCO2. The number of hydrogen-bond acceptors (Lipinski definition) is 8. The van der Waals surface area contributed by atoms with Crippen molar-refractivity contribution < 1.29 is 18.9 Å². The molecule has 0 radical (unpaired) electrons. The van der Waals surface area contributed by atoms with Gasteiger partial charge in [0.2, 0.25) is 12.5 Å². The summed E-state index contributed by atoms with van der Waals surface area (Å²) in [6.45, 7) is 0.205. The fourth-order valence-electron chi connectivity index (χ4n) is 1.77. The quantitative estimate of drug-likeness (QED) is 0.636. The molecule has 0 amide bonds. The molecule has 2 aromatic rings. The molecule has 3 rings (SSSR count). The van der Waals surface area contributed by atoms with Crippen molar-refractivity contribution in [2.45, 2.75) is 0 Å². The van der Waals surface area contributed by atoms with Crippen molar-refractivity contribution in [3.63, 3.8) is 0 Å². The monoisotopic (exact) mass is 276 g/mol. The Balaban J connectivity index is 1.91. The van der Waals surface area contributed by atoms with Crippen LogP contribution in [0.1, 0.15) is 0 Å².